The highest BCUT2D eigenvalue weighted by molar-refractivity contribution is 5.97. The number of amides is 2. The van der Waals surface area contributed by atoms with E-state index in [1.54, 1.807) is 4.90 Å². The average molecular weight is 479 g/mol. The van der Waals surface area contributed by atoms with Crippen LogP contribution in [0.4, 0.5) is 5.69 Å². The molecule has 0 N–H and O–H groups in total. The number of nitrogens with zero attached hydrogens (tertiary/aromatic N) is 4. The molecule has 2 aliphatic heterocycles. The largest absolute Gasteiger partial charge is 0.370 e. The van der Waals surface area contributed by atoms with E-state index < -0.39 is 0 Å². The molecule has 0 aromatic heterocycles. The van der Waals surface area contributed by atoms with Crippen molar-refractivity contribution in [2.24, 2.45) is 5.92 Å². The first-order valence-corrected chi connectivity index (χ1v) is 12.6. The fourth-order valence-electron chi connectivity index (χ4n) is 4.71. The van der Waals surface area contributed by atoms with Crippen LogP contribution in [0.3, 0.4) is 0 Å². The predicted molar refractivity (Wildman–Crippen MR) is 138 cm³/mol. The highest BCUT2D eigenvalue weighted by atomic mass is 16.5. The van der Waals surface area contributed by atoms with E-state index >= 15 is 0 Å². The third-order valence-corrected chi connectivity index (χ3v) is 6.71. The Kier molecular flexibility index (Phi) is 8.42. The van der Waals surface area contributed by atoms with E-state index in [9.17, 15) is 9.59 Å². The lowest BCUT2D eigenvalue weighted by Gasteiger charge is -2.34. The van der Waals surface area contributed by atoms with Crippen LogP contribution in [0.15, 0.2) is 54.6 Å². The summed E-state index contributed by atoms with van der Waals surface area (Å²) in [6.45, 7) is 10.3. The van der Waals surface area contributed by atoms with Gasteiger partial charge in [0.1, 0.15) is 6.54 Å². The lowest BCUT2D eigenvalue weighted by atomic mass is 10.1. The second kappa shape index (κ2) is 11.7. The van der Waals surface area contributed by atoms with Gasteiger partial charge < -0.3 is 24.3 Å². The van der Waals surface area contributed by atoms with Crippen molar-refractivity contribution in [1.82, 2.24) is 14.7 Å². The molecule has 2 saturated heterocycles. The number of likely N-dealkylation sites (N-methyl/N-ethyl adjacent to an activating group) is 1. The van der Waals surface area contributed by atoms with Crippen LogP contribution in [0.1, 0.15) is 29.8 Å². The molecule has 4 rings (SSSR count). The normalized spacial score (nSPS) is 19.8. The summed E-state index contributed by atoms with van der Waals surface area (Å²) in [5.74, 6) is 0.202. The molecule has 2 aliphatic rings. The second-order valence-corrected chi connectivity index (χ2v) is 10.1. The molecule has 2 fully saturated rings. The topological polar surface area (TPSA) is 56.3 Å². The standard InChI is InChI=1S/C28H38N4O3/c1-22(2)17-31-18-26(35-21-23-7-5-4-6-8-23)19-32(20-27(31)33)28(34)24-9-11-25(12-10-24)30-15-13-29(3)14-16-30/h4-12,22,26H,13-21H2,1-3H3. The van der Waals surface area contributed by atoms with E-state index in [1.807, 2.05) is 59.5 Å². The number of piperazine rings is 1. The van der Waals surface area contributed by atoms with Crippen molar-refractivity contribution in [3.8, 4) is 0 Å². The summed E-state index contributed by atoms with van der Waals surface area (Å²) in [6.07, 6.45) is -0.242. The maximum atomic E-state index is 13.5. The smallest absolute Gasteiger partial charge is 0.254 e. The molecule has 2 heterocycles. The number of anilines is 1. The minimum atomic E-state index is -0.242. The Morgan fingerprint density at radius 2 is 1.66 bits per heavy atom. The first-order valence-electron chi connectivity index (χ1n) is 12.6. The van der Waals surface area contributed by atoms with Crippen molar-refractivity contribution < 1.29 is 14.3 Å². The maximum absolute atomic E-state index is 13.5. The molecule has 35 heavy (non-hydrogen) atoms. The summed E-state index contributed by atoms with van der Waals surface area (Å²) in [5, 5.41) is 0. The Balaban J connectivity index is 1.46. The average Bonchev–Trinajstić information content (AvgIpc) is 3.01. The van der Waals surface area contributed by atoms with E-state index in [4.69, 9.17) is 4.74 Å². The number of carbonyl (C=O) groups excluding carboxylic acids is 2. The zero-order valence-corrected chi connectivity index (χ0v) is 21.2. The Morgan fingerprint density at radius 1 is 0.971 bits per heavy atom. The van der Waals surface area contributed by atoms with Crippen molar-refractivity contribution in [3.63, 3.8) is 0 Å². The van der Waals surface area contributed by atoms with Crippen LogP contribution >= 0.6 is 0 Å². The van der Waals surface area contributed by atoms with Crippen molar-refractivity contribution >= 4 is 17.5 Å². The molecule has 1 atom stereocenters. The Morgan fingerprint density at radius 3 is 2.31 bits per heavy atom. The van der Waals surface area contributed by atoms with Gasteiger partial charge in [-0.2, -0.15) is 0 Å². The van der Waals surface area contributed by atoms with Crippen LogP contribution in [0, 0.1) is 5.92 Å². The van der Waals surface area contributed by atoms with Crippen molar-refractivity contribution in [1.29, 1.82) is 0 Å². The van der Waals surface area contributed by atoms with Crippen molar-refractivity contribution in [3.05, 3.63) is 65.7 Å². The SMILES string of the molecule is CC(C)CN1CC(OCc2ccccc2)CN(C(=O)c2ccc(N3CCN(C)CC3)cc2)CC1=O. The predicted octanol–water partition coefficient (Wildman–Crippen LogP) is 2.96. The monoisotopic (exact) mass is 478 g/mol. The van der Waals surface area contributed by atoms with Crippen LogP contribution in [-0.2, 0) is 16.1 Å². The Bertz CT molecular complexity index is 971. The van der Waals surface area contributed by atoms with Gasteiger partial charge in [0, 0.05) is 57.1 Å². The molecule has 7 heteroatoms. The van der Waals surface area contributed by atoms with Crippen molar-refractivity contribution in [2.45, 2.75) is 26.6 Å². The summed E-state index contributed by atoms with van der Waals surface area (Å²) < 4.78 is 6.23. The fourth-order valence-corrected chi connectivity index (χ4v) is 4.71. The lowest BCUT2D eigenvalue weighted by Crippen LogP contribution is -2.44. The minimum absolute atomic E-state index is 0.0214. The second-order valence-electron chi connectivity index (χ2n) is 10.1. The zero-order valence-electron chi connectivity index (χ0n) is 21.2. The lowest BCUT2D eigenvalue weighted by molar-refractivity contribution is -0.132. The quantitative estimate of drug-likeness (QED) is 0.613. The van der Waals surface area contributed by atoms with Gasteiger partial charge in [-0.05, 0) is 42.8 Å². The Hall–Kier alpha value is -2.90. The molecule has 2 aromatic rings. The molecule has 188 valence electrons. The first-order chi connectivity index (χ1) is 16.9. The van der Waals surface area contributed by atoms with Gasteiger partial charge in [-0.15, -0.1) is 0 Å². The highest BCUT2D eigenvalue weighted by Crippen LogP contribution is 2.20. The number of ether oxygens (including phenoxy) is 1. The van der Waals surface area contributed by atoms with Gasteiger partial charge >= 0.3 is 0 Å². The molecule has 2 aromatic carbocycles. The summed E-state index contributed by atoms with van der Waals surface area (Å²) in [5.41, 5.74) is 2.82. The van der Waals surface area contributed by atoms with Gasteiger partial charge in [-0.1, -0.05) is 44.2 Å². The zero-order chi connectivity index (χ0) is 24.8. The van der Waals surface area contributed by atoms with Crippen LogP contribution in [0.5, 0.6) is 0 Å². The van der Waals surface area contributed by atoms with Gasteiger partial charge in [0.05, 0.1) is 12.7 Å². The number of hydrogen-bond donors (Lipinski definition) is 0. The number of carbonyl (C=O) groups is 2. The highest BCUT2D eigenvalue weighted by Gasteiger charge is 2.31. The van der Waals surface area contributed by atoms with Gasteiger partial charge in [0.25, 0.3) is 5.91 Å². The van der Waals surface area contributed by atoms with Crippen molar-refractivity contribution in [2.75, 3.05) is 64.3 Å². The van der Waals surface area contributed by atoms with E-state index in [2.05, 4.69) is 30.7 Å². The molecule has 7 nitrogen and oxygen atoms in total. The number of benzene rings is 2. The third kappa shape index (κ3) is 6.83. The summed E-state index contributed by atoms with van der Waals surface area (Å²) >= 11 is 0. The minimum Gasteiger partial charge on any atom is -0.370 e. The molecule has 0 aliphatic carbocycles. The molecule has 2 amide bonds. The van der Waals surface area contributed by atoms with Crippen LogP contribution in [0.25, 0.3) is 0 Å². The summed E-state index contributed by atoms with van der Waals surface area (Å²) in [4.78, 5) is 34.7. The number of rotatable bonds is 7. The molecule has 0 saturated carbocycles. The van der Waals surface area contributed by atoms with E-state index in [-0.39, 0.29) is 24.5 Å². The first kappa shape index (κ1) is 25.2. The van der Waals surface area contributed by atoms with Crippen LogP contribution in [-0.4, -0.2) is 92.0 Å². The van der Waals surface area contributed by atoms with Gasteiger partial charge in [0.15, 0.2) is 0 Å². The van der Waals surface area contributed by atoms with Gasteiger partial charge in [-0.3, -0.25) is 9.59 Å². The Labute approximate surface area is 209 Å². The molecular formula is C28H38N4O3. The van der Waals surface area contributed by atoms with Crippen LogP contribution < -0.4 is 4.90 Å². The van der Waals surface area contributed by atoms with Gasteiger partial charge in [0.2, 0.25) is 5.91 Å². The third-order valence-electron chi connectivity index (χ3n) is 6.71. The van der Waals surface area contributed by atoms with Gasteiger partial charge in [-0.25, -0.2) is 0 Å². The summed E-state index contributed by atoms with van der Waals surface area (Å²) in [6, 6.07) is 17.8. The van der Waals surface area contributed by atoms with E-state index in [0.717, 1.165) is 37.4 Å². The van der Waals surface area contributed by atoms with E-state index in [1.165, 1.54) is 0 Å². The molecule has 0 spiro atoms. The molecule has 1 unspecified atom stereocenters. The fraction of sp³-hybridized carbons (Fsp3) is 0.500. The molecule has 0 radical (unpaired) electrons. The molecule has 0 bridgehead atoms. The maximum Gasteiger partial charge on any atom is 0.254 e. The molecular weight excluding hydrogens is 440 g/mol. The number of hydrogen-bond acceptors (Lipinski definition) is 5. The van der Waals surface area contributed by atoms with Crippen LogP contribution in [0.2, 0.25) is 0 Å². The summed E-state index contributed by atoms with van der Waals surface area (Å²) in [7, 11) is 2.14. The van der Waals surface area contributed by atoms with E-state index in [0.29, 0.717) is 37.7 Å².